The Labute approximate surface area is 144 Å². The van der Waals surface area contributed by atoms with Crippen molar-refractivity contribution in [2.45, 2.75) is 26.7 Å². The molecule has 0 unspecified atom stereocenters. The van der Waals surface area contributed by atoms with Crippen LogP contribution in [0.3, 0.4) is 0 Å². The minimum absolute atomic E-state index is 0.0976. The lowest BCUT2D eigenvalue weighted by Gasteiger charge is -2.30. The van der Waals surface area contributed by atoms with Crippen LogP contribution in [-0.2, 0) is 0 Å². The first-order valence-corrected chi connectivity index (χ1v) is 8.76. The summed E-state index contributed by atoms with van der Waals surface area (Å²) in [6.07, 6.45) is 5.68. The Morgan fingerprint density at radius 2 is 1.88 bits per heavy atom. The molecule has 0 spiro atoms. The number of benzene rings is 1. The van der Waals surface area contributed by atoms with Crippen LogP contribution in [-0.4, -0.2) is 35.4 Å². The Bertz CT molecular complexity index is 678. The molecule has 0 aliphatic carbocycles. The van der Waals surface area contributed by atoms with E-state index < -0.39 is 0 Å². The van der Waals surface area contributed by atoms with Crippen molar-refractivity contribution in [3.8, 4) is 0 Å². The summed E-state index contributed by atoms with van der Waals surface area (Å²) in [4.78, 5) is 21.2. The second kappa shape index (κ2) is 7.47. The monoisotopic (exact) mass is 323 g/mol. The molecule has 0 saturated carbocycles. The fourth-order valence-electron chi connectivity index (χ4n) is 3.21. The lowest BCUT2D eigenvalue weighted by atomic mass is 9.99. The summed E-state index contributed by atoms with van der Waals surface area (Å²) in [6, 6.07) is 12.2. The molecule has 3 rings (SSSR count). The van der Waals surface area contributed by atoms with Gasteiger partial charge in [-0.2, -0.15) is 0 Å². The number of aromatic nitrogens is 1. The Hall–Kier alpha value is -2.36. The summed E-state index contributed by atoms with van der Waals surface area (Å²) >= 11 is 0. The minimum atomic E-state index is 0.0976. The van der Waals surface area contributed by atoms with Crippen molar-refractivity contribution in [3.05, 3.63) is 54.4 Å². The van der Waals surface area contributed by atoms with Crippen LogP contribution < -0.4 is 4.90 Å². The maximum atomic E-state index is 12.8. The highest BCUT2D eigenvalue weighted by Gasteiger charge is 2.22. The molecule has 1 aromatic heterocycles. The van der Waals surface area contributed by atoms with E-state index in [1.54, 1.807) is 6.20 Å². The zero-order chi connectivity index (χ0) is 16.9. The number of para-hydroxylation sites is 1. The summed E-state index contributed by atoms with van der Waals surface area (Å²) in [5, 5.41) is 0. The quantitative estimate of drug-likeness (QED) is 0.849. The number of pyridine rings is 1. The lowest BCUT2D eigenvalue weighted by molar-refractivity contribution is 0.0697. The van der Waals surface area contributed by atoms with Crippen LogP contribution in [0.25, 0.3) is 0 Å². The van der Waals surface area contributed by atoms with E-state index in [0.29, 0.717) is 11.5 Å². The van der Waals surface area contributed by atoms with Crippen LogP contribution in [0, 0.1) is 5.92 Å². The second-order valence-corrected chi connectivity index (χ2v) is 6.49. The van der Waals surface area contributed by atoms with Crippen molar-refractivity contribution >= 4 is 17.3 Å². The summed E-state index contributed by atoms with van der Waals surface area (Å²) in [7, 11) is 0. The molecule has 2 heterocycles. The summed E-state index contributed by atoms with van der Waals surface area (Å²) < 4.78 is 0. The standard InChI is InChI=1S/C20H25N3O/c1-3-23(18-7-5-4-6-8-18)19-13-17(14-21-15-19)20(24)22-11-9-16(2)10-12-22/h4-8,13-16H,3,9-12H2,1-2H3. The third kappa shape index (κ3) is 3.58. The molecule has 0 atom stereocenters. The van der Waals surface area contributed by atoms with Gasteiger partial charge in [-0.25, -0.2) is 0 Å². The molecule has 1 saturated heterocycles. The third-order valence-corrected chi connectivity index (χ3v) is 4.74. The van der Waals surface area contributed by atoms with Gasteiger partial charge in [-0.3, -0.25) is 9.78 Å². The molecule has 24 heavy (non-hydrogen) atoms. The zero-order valence-corrected chi connectivity index (χ0v) is 14.5. The van der Waals surface area contributed by atoms with E-state index in [9.17, 15) is 4.79 Å². The second-order valence-electron chi connectivity index (χ2n) is 6.49. The Kier molecular flexibility index (Phi) is 5.14. The average molecular weight is 323 g/mol. The van der Waals surface area contributed by atoms with Gasteiger partial charge in [-0.15, -0.1) is 0 Å². The van der Waals surface area contributed by atoms with Gasteiger partial charge in [0, 0.05) is 31.5 Å². The van der Waals surface area contributed by atoms with Crippen LogP contribution in [0.4, 0.5) is 11.4 Å². The Morgan fingerprint density at radius 1 is 1.17 bits per heavy atom. The molecule has 4 heteroatoms. The van der Waals surface area contributed by atoms with Gasteiger partial charge in [-0.05, 0) is 43.9 Å². The smallest absolute Gasteiger partial charge is 0.255 e. The molecule has 4 nitrogen and oxygen atoms in total. The number of piperidine rings is 1. The average Bonchev–Trinajstić information content (AvgIpc) is 2.64. The van der Waals surface area contributed by atoms with Crippen LogP contribution in [0.2, 0.25) is 0 Å². The molecular formula is C20H25N3O. The van der Waals surface area contributed by atoms with Crippen LogP contribution in [0.15, 0.2) is 48.8 Å². The minimum Gasteiger partial charge on any atom is -0.340 e. The van der Waals surface area contributed by atoms with E-state index in [4.69, 9.17) is 0 Å². The van der Waals surface area contributed by atoms with Gasteiger partial charge in [0.15, 0.2) is 0 Å². The maximum Gasteiger partial charge on any atom is 0.255 e. The van der Waals surface area contributed by atoms with E-state index in [0.717, 1.165) is 43.9 Å². The molecular weight excluding hydrogens is 298 g/mol. The number of rotatable bonds is 4. The molecule has 0 bridgehead atoms. The van der Waals surface area contributed by atoms with Gasteiger partial charge in [0.25, 0.3) is 5.91 Å². The first-order valence-electron chi connectivity index (χ1n) is 8.76. The highest BCUT2D eigenvalue weighted by Crippen LogP contribution is 2.26. The fourth-order valence-corrected chi connectivity index (χ4v) is 3.21. The van der Waals surface area contributed by atoms with Crippen LogP contribution >= 0.6 is 0 Å². The van der Waals surface area contributed by atoms with E-state index >= 15 is 0 Å². The van der Waals surface area contributed by atoms with Crippen molar-refractivity contribution < 1.29 is 4.79 Å². The topological polar surface area (TPSA) is 36.4 Å². The van der Waals surface area contributed by atoms with Gasteiger partial charge in [-0.1, -0.05) is 25.1 Å². The number of hydrogen-bond donors (Lipinski definition) is 0. The van der Waals surface area contributed by atoms with Gasteiger partial charge in [0.2, 0.25) is 0 Å². The molecule has 0 radical (unpaired) electrons. The molecule has 1 aliphatic heterocycles. The fraction of sp³-hybridized carbons (Fsp3) is 0.400. The molecule has 126 valence electrons. The van der Waals surface area contributed by atoms with Crippen molar-refractivity contribution in [1.82, 2.24) is 9.88 Å². The summed E-state index contributed by atoms with van der Waals surface area (Å²) in [5.41, 5.74) is 2.74. The number of carbonyl (C=O) groups is 1. The summed E-state index contributed by atoms with van der Waals surface area (Å²) in [6.45, 7) is 6.88. The first kappa shape index (κ1) is 16.5. The van der Waals surface area contributed by atoms with Crippen molar-refractivity contribution in [3.63, 3.8) is 0 Å². The van der Waals surface area contributed by atoms with E-state index in [2.05, 4.69) is 35.9 Å². The van der Waals surface area contributed by atoms with Gasteiger partial charge < -0.3 is 9.80 Å². The SMILES string of the molecule is CCN(c1ccccc1)c1cncc(C(=O)N2CCC(C)CC2)c1. The number of likely N-dealkylation sites (tertiary alicyclic amines) is 1. The Morgan fingerprint density at radius 3 is 2.54 bits per heavy atom. The van der Waals surface area contributed by atoms with Gasteiger partial charge >= 0.3 is 0 Å². The van der Waals surface area contributed by atoms with Crippen LogP contribution in [0.1, 0.15) is 37.0 Å². The largest absolute Gasteiger partial charge is 0.340 e. The number of anilines is 2. The number of amides is 1. The number of hydrogen-bond acceptors (Lipinski definition) is 3. The van der Waals surface area contributed by atoms with Crippen molar-refractivity contribution in [1.29, 1.82) is 0 Å². The van der Waals surface area contributed by atoms with Crippen molar-refractivity contribution in [2.24, 2.45) is 5.92 Å². The Balaban J connectivity index is 1.82. The zero-order valence-electron chi connectivity index (χ0n) is 14.5. The molecule has 1 fully saturated rings. The molecule has 1 aliphatic rings. The maximum absolute atomic E-state index is 12.8. The predicted molar refractivity (Wildman–Crippen MR) is 97.7 cm³/mol. The van der Waals surface area contributed by atoms with Crippen molar-refractivity contribution in [2.75, 3.05) is 24.5 Å². The predicted octanol–water partition coefficient (Wildman–Crippen LogP) is 4.11. The van der Waals surface area contributed by atoms with Gasteiger partial charge in [0.05, 0.1) is 17.4 Å². The normalized spacial score (nSPS) is 15.3. The summed E-state index contributed by atoms with van der Waals surface area (Å²) in [5.74, 6) is 0.813. The van der Waals surface area contributed by atoms with E-state index in [1.807, 2.05) is 35.4 Å². The molecule has 1 amide bonds. The third-order valence-electron chi connectivity index (χ3n) is 4.74. The first-order chi connectivity index (χ1) is 11.7. The highest BCUT2D eigenvalue weighted by molar-refractivity contribution is 5.95. The van der Waals surface area contributed by atoms with E-state index in [-0.39, 0.29) is 5.91 Å². The number of nitrogens with zero attached hydrogens (tertiary/aromatic N) is 3. The number of carbonyl (C=O) groups excluding carboxylic acids is 1. The molecule has 0 N–H and O–H groups in total. The molecule has 1 aromatic carbocycles. The van der Waals surface area contributed by atoms with E-state index in [1.165, 1.54) is 0 Å². The van der Waals surface area contributed by atoms with Crippen LogP contribution in [0.5, 0.6) is 0 Å². The molecule has 2 aromatic rings. The highest BCUT2D eigenvalue weighted by atomic mass is 16.2. The lowest BCUT2D eigenvalue weighted by Crippen LogP contribution is -2.38. The van der Waals surface area contributed by atoms with Gasteiger partial charge in [0.1, 0.15) is 0 Å².